The Balaban J connectivity index is 1.59. The minimum absolute atomic E-state index is 0.237. The van der Waals surface area contributed by atoms with Gasteiger partial charge in [-0.25, -0.2) is 0 Å². The normalized spacial score (nSPS) is 9.93. The van der Waals surface area contributed by atoms with E-state index >= 15 is 0 Å². The zero-order valence-corrected chi connectivity index (χ0v) is 14.8. The molecular formula is C22H18N2O3. The lowest BCUT2D eigenvalue weighted by molar-refractivity contribution is 0.102. The second-order valence-electron chi connectivity index (χ2n) is 5.78. The van der Waals surface area contributed by atoms with Crippen LogP contribution in [-0.2, 0) is 6.61 Å². The molecule has 0 aromatic heterocycles. The molecule has 0 radical (unpaired) electrons. The number of rotatable bonds is 6. The number of methoxy groups -OCH3 is 1. The second-order valence-corrected chi connectivity index (χ2v) is 5.78. The Labute approximate surface area is 157 Å². The van der Waals surface area contributed by atoms with E-state index in [1.807, 2.05) is 18.2 Å². The molecule has 0 fully saturated rings. The van der Waals surface area contributed by atoms with E-state index in [0.29, 0.717) is 34.9 Å². The molecule has 134 valence electrons. The van der Waals surface area contributed by atoms with Crippen LogP contribution in [0.3, 0.4) is 0 Å². The summed E-state index contributed by atoms with van der Waals surface area (Å²) in [5, 5.41) is 11.7. The number of nitrogens with one attached hydrogen (secondary N) is 1. The Morgan fingerprint density at radius 3 is 2.37 bits per heavy atom. The van der Waals surface area contributed by atoms with Gasteiger partial charge < -0.3 is 14.8 Å². The van der Waals surface area contributed by atoms with Gasteiger partial charge in [0.1, 0.15) is 18.1 Å². The van der Waals surface area contributed by atoms with Crippen molar-refractivity contribution in [1.82, 2.24) is 0 Å². The fraction of sp³-hybridized carbons (Fsp3) is 0.0909. The SMILES string of the molecule is COc1ccccc1C(=O)Nc1ccc(OCc2ccc(C#N)cc2)cc1. The molecule has 5 heteroatoms. The van der Waals surface area contributed by atoms with Crippen molar-refractivity contribution in [2.24, 2.45) is 0 Å². The van der Waals surface area contributed by atoms with Crippen LogP contribution in [-0.4, -0.2) is 13.0 Å². The summed E-state index contributed by atoms with van der Waals surface area (Å²) in [6.45, 7) is 0.401. The summed E-state index contributed by atoms with van der Waals surface area (Å²) < 4.78 is 10.9. The highest BCUT2D eigenvalue weighted by Crippen LogP contribution is 2.21. The molecule has 0 saturated carbocycles. The van der Waals surface area contributed by atoms with Crippen molar-refractivity contribution in [2.75, 3.05) is 12.4 Å². The van der Waals surface area contributed by atoms with Gasteiger partial charge in [0.25, 0.3) is 5.91 Å². The van der Waals surface area contributed by atoms with E-state index in [1.165, 1.54) is 7.11 Å². The van der Waals surface area contributed by atoms with Crippen molar-refractivity contribution in [3.63, 3.8) is 0 Å². The zero-order chi connectivity index (χ0) is 19.1. The third-order valence-corrected chi connectivity index (χ3v) is 3.95. The number of amides is 1. The summed E-state index contributed by atoms with van der Waals surface area (Å²) in [5.74, 6) is 0.978. The van der Waals surface area contributed by atoms with Crippen LogP contribution in [0.5, 0.6) is 11.5 Å². The van der Waals surface area contributed by atoms with Crippen molar-refractivity contribution in [1.29, 1.82) is 5.26 Å². The van der Waals surface area contributed by atoms with Gasteiger partial charge in [-0.15, -0.1) is 0 Å². The molecule has 3 aromatic rings. The average molecular weight is 358 g/mol. The van der Waals surface area contributed by atoms with Gasteiger partial charge in [0.2, 0.25) is 0 Å². The smallest absolute Gasteiger partial charge is 0.259 e. The number of nitriles is 1. The minimum Gasteiger partial charge on any atom is -0.496 e. The van der Waals surface area contributed by atoms with Gasteiger partial charge in [-0.1, -0.05) is 24.3 Å². The first kappa shape index (κ1) is 18.0. The summed E-state index contributed by atoms with van der Waals surface area (Å²) in [7, 11) is 1.53. The monoisotopic (exact) mass is 358 g/mol. The lowest BCUT2D eigenvalue weighted by atomic mass is 10.1. The molecule has 0 bridgehead atoms. The molecule has 0 atom stereocenters. The molecule has 0 aliphatic rings. The maximum absolute atomic E-state index is 12.4. The van der Waals surface area contributed by atoms with E-state index in [9.17, 15) is 4.79 Å². The number of hydrogen-bond acceptors (Lipinski definition) is 4. The third-order valence-electron chi connectivity index (χ3n) is 3.95. The minimum atomic E-state index is -0.237. The van der Waals surface area contributed by atoms with E-state index in [0.717, 1.165) is 5.56 Å². The van der Waals surface area contributed by atoms with Crippen LogP contribution in [0.2, 0.25) is 0 Å². The highest BCUT2D eigenvalue weighted by atomic mass is 16.5. The molecule has 0 aliphatic carbocycles. The first-order valence-corrected chi connectivity index (χ1v) is 8.36. The number of carbonyl (C=O) groups excluding carboxylic acids is 1. The van der Waals surface area contributed by atoms with Crippen LogP contribution in [0, 0.1) is 11.3 Å². The van der Waals surface area contributed by atoms with Crippen molar-refractivity contribution in [3.8, 4) is 17.6 Å². The fourth-order valence-corrected chi connectivity index (χ4v) is 2.51. The lowest BCUT2D eigenvalue weighted by Crippen LogP contribution is -2.13. The highest BCUT2D eigenvalue weighted by molar-refractivity contribution is 6.06. The summed E-state index contributed by atoms with van der Waals surface area (Å²) in [4.78, 5) is 12.4. The van der Waals surface area contributed by atoms with Gasteiger partial charge in [0.05, 0.1) is 24.3 Å². The molecule has 1 amide bonds. The molecular weight excluding hydrogens is 340 g/mol. The maximum atomic E-state index is 12.4. The van der Waals surface area contributed by atoms with Crippen LogP contribution in [0.4, 0.5) is 5.69 Å². The van der Waals surface area contributed by atoms with Crippen molar-refractivity contribution in [3.05, 3.63) is 89.5 Å². The van der Waals surface area contributed by atoms with Gasteiger partial charge in [-0.3, -0.25) is 4.79 Å². The first-order chi connectivity index (χ1) is 13.2. The molecule has 3 aromatic carbocycles. The molecule has 5 nitrogen and oxygen atoms in total. The van der Waals surface area contributed by atoms with Crippen LogP contribution in [0.1, 0.15) is 21.5 Å². The Bertz CT molecular complexity index is 958. The summed E-state index contributed by atoms with van der Waals surface area (Å²) in [5.41, 5.74) is 2.73. The van der Waals surface area contributed by atoms with Gasteiger partial charge in [0, 0.05) is 5.69 Å². The van der Waals surface area contributed by atoms with E-state index in [2.05, 4.69) is 11.4 Å². The Morgan fingerprint density at radius 1 is 1.00 bits per heavy atom. The van der Waals surface area contributed by atoms with Crippen molar-refractivity contribution in [2.45, 2.75) is 6.61 Å². The summed E-state index contributed by atoms with van der Waals surface area (Å²) in [6, 6.07) is 23.5. The Morgan fingerprint density at radius 2 is 1.70 bits per heavy atom. The summed E-state index contributed by atoms with van der Waals surface area (Å²) >= 11 is 0. The first-order valence-electron chi connectivity index (χ1n) is 8.36. The number of anilines is 1. The lowest BCUT2D eigenvalue weighted by Gasteiger charge is -2.10. The largest absolute Gasteiger partial charge is 0.496 e. The molecule has 1 N–H and O–H groups in total. The van der Waals surface area contributed by atoms with Gasteiger partial charge in [0.15, 0.2) is 0 Å². The number of hydrogen-bond donors (Lipinski definition) is 1. The molecule has 0 saturated heterocycles. The molecule has 0 heterocycles. The van der Waals surface area contributed by atoms with Crippen LogP contribution >= 0.6 is 0 Å². The van der Waals surface area contributed by atoms with Gasteiger partial charge in [-0.05, 0) is 54.1 Å². The topological polar surface area (TPSA) is 71.3 Å². The molecule has 27 heavy (non-hydrogen) atoms. The summed E-state index contributed by atoms with van der Waals surface area (Å²) in [6.07, 6.45) is 0. The number of ether oxygens (including phenoxy) is 2. The fourth-order valence-electron chi connectivity index (χ4n) is 2.51. The number of benzene rings is 3. The maximum Gasteiger partial charge on any atom is 0.259 e. The zero-order valence-electron chi connectivity index (χ0n) is 14.8. The third kappa shape index (κ3) is 4.65. The van der Waals surface area contributed by atoms with Crippen molar-refractivity contribution < 1.29 is 14.3 Å². The van der Waals surface area contributed by atoms with E-state index in [1.54, 1.807) is 54.6 Å². The van der Waals surface area contributed by atoms with Crippen molar-refractivity contribution >= 4 is 11.6 Å². The number of nitrogens with zero attached hydrogens (tertiary/aromatic N) is 1. The van der Waals surface area contributed by atoms with Crippen LogP contribution in [0.25, 0.3) is 0 Å². The average Bonchev–Trinajstić information content (AvgIpc) is 2.73. The molecule has 3 rings (SSSR count). The Hall–Kier alpha value is -3.78. The quantitative estimate of drug-likeness (QED) is 0.709. The van der Waals surface area contributed by atoms with E-state index in [-0.39, 0.29) is 5.91 Å². The number of para-hydroxylation sites is 1. The van der Waals surface area contributed by atoms with Crippen LogP contribution in [0.15, 0.2) is 72.8 Å². The standard InChI is InChI=1S/C22H18N2O3/c1-26-21-5-3-2-4-20(21)22(25)24-18-10-12-19(13-11-18)27-15-17-8-6-16(14-23)7-9-17/h2-13H,15H2,1H3,(H,24,25). The van der Waals surface area contributed by atoms with Gasteiger partial charge >= 0.3 is 0 Å². The highest BCUT2D eigenvalue weighted by Gasteiger charge is 2.11. The number of carbonyl (C=O) groups is 1. The van der Waals surface area contributed by atoms with Crippen LogP contribution < -0.4 is 14.8 Å². The predicted molar refractivity (Wildman–Crippen MR) is 103 cm³/mol. The van der Waals surface area contributed by atoms with Gasteiger partial charge in [-0.2, -0.15) is 5.26 Å². The Kier molecular flexibility index (Phi) is 5.70. The van der Waals surface area contributed by atoms with E-state index < -0.39 is 0 Å². The van der Waals surface area contributed by atoms with E-state index in [4.69, 9.17) is 14.7 Å². The molecule has 0 spiro atoms. The predicted octanol–water partition coefficient (Wildman–Crippen LogP) is 4.40. The molecule has 0 unspecified atom stereocenters. The second kappa shape index (κ2) is 8.54. The molecule has 0 aliphatic heterocycles.